The lowest BCUT2D eigenvalue weighted by Crippen LogP contribution is -2.38. The van der Waals surface area contributed by atoms with Crippen LogP contribution in [0.1, 0.15) is 43.7 Å². The average molecular weight is 405 g/mol. The number of carbonyl (C=O) groups excluding carboxylic acids is 2. The molecule has 1 aromatic heterocycles. The molecule has 1 fully saturated rings. The van der Waals surface area contributed by atoms with Crippen LogP contribution in [-0.4, -0.2) is 16.8 Å². The van der Waals surface area contributed by atoms with E-state index in [4.69, 9.17) is 0 Å². The van der Waals surface area contributed by atoms with Crippen LogP contribution in [0, 0.1) is 11.7 Å². The highest BCUT2D eigenvalue weighted by Crippen LogP contribution is 2.33. The van der Waals surface area contributed by atoms with Crippen LogP contribution in [0.4, 0.5) is 10.1 Å². The van der Waals surface area contributed by atoms with Gasteiger partial charge in [0.05, 0.1) is 17.9 Å². The number of para-hydroxylation sites is 1. The third kappa shape index (κ3) is 4.64. The second-order valence-electron chi connectivity index (χ2n) is 7.81. The number of pyridine rings is 1. The van der Waals surface area contributed by atoms with E-state index in [1.807, 2.05) is 30.3 Å². The second kappa shape index (κ2) is 9.03. The summed E-state index contributed by atoms with van der Waals surface area (Å²) < 4.78 is 13.8. The zero-order valence-corrected chi connectivity index (χ0v) is 16.6. The number of aromatic nitrogens is 1. The van der Waals surface area contributed by atoms with E-state index in [0.29, 0.717) is 17.0 Å². The van der Waals surface area contributed by atoms with Crippen LogP contribution in [0.3, 0.4) is 0 Å². The Kier molecular flexibility index (Phi) is 6.02. The number of hydrogen-bond acceptors (Lipinski definition) is 3. The van der Waals surface area contributed by atoms with Crippen molar-refractivity contribution >= 4 is 28.4 Å². The van der Waals surface area contributed by atoms with Gasteiger partial charge in [-0.1, -0.05) is 68.1 Å². The molecular formula is C24H24FN3O2. The van der Waals surface area contributed by atoms with E-state index in [1.54, 1.807) is 18.2 Å². The molecule has 1 heterocycles. The number of carbonyl (C=O) groups is 2. The van der Waals surface area contributed by atoms with Crippen molar-refractivity contribution in [1.29, 1.82) is 0 Å². The fourth-order valence-corrected chi connectivity index (χ4v) is 4.15. The predicted molar refractivity (Wildman–Crippen MR) is 114 cm³/mol. The summed E-state index contributed by atoms with van der Waals surface area (Å²) in [6, 6.07) is 15.7. The van der Waals surface area contributed by atoms with Crippen molar-refractivity contribution in [1.82, 2.24) is 10.3 Å². The standard InChI is InChI=1S/C24H24FN3O2/c25-20-12-6-11-18-14-19(15-26-22(18)20)27-23(29)24(30)28-21(13-16-7-4-5-8-16)17-9-2-1-3-10-17/h1-3,6,9-12,14-16,21H,4-5,7-8,13H2,(H,27,29)(H,28,30). The molecule has 2 amide bonds. The molecule has 0 saturated heterocycles. The van der Waals surface area contributed by atoms with Gasteiger partial charge in [-0.2, -0.15) is 0 Å². The molecule has 6 heteroatoms. The van der Waals surface area contributed by atoms with Crippen molar-refractivity contribution < 1.29 is 14.0 Å². The van der Waals surface area contributed by atoms with Crippen molar-refractivity contribution in [3.8, 4) is 0 Å². The van der Waals surface area contributed by atoms with Gasteiger partial charge < -0.3 is 10.6 Å². The van der Waals surface area contributed by atoms with Crippen LogP contribution >= 0.6 is 0 Å². The monoisotopic (exact) mass is 405 g/mol. The van der Waals surface area contributed by atoms with Crippen LogP contribution < -0.4 is 10.6 Å². The minimum atomic E-state index is -0.764. The van der Waals surface area contributed by atoms with Gasteiger partial charge >= 0.3 is 11.8 Å². The number of anilines is 1. The minimum Gasteiger partial charge on any atom is -0.341 e. The van der Waals surface area contributed by atoms with E-state index >= 15 is 0 Å². The van der Waals surface area contributed by atoms with Crippen molar-refractivity contribution in [3.05, 3.63) is 72.2 Å². The number of nitrogens with one attached hydrogen (secondary N) is 2. The van der Waals surface area contributed by atoms with Crippen LogP contribution in [0.15, 0.2) is 60.8 Å². The Labute approximate surface area is 174 Å². The molecular weight excluding hydrogens is 381 g/mol. The van der Waals surface area contributed by atoms with Gasteiger partial charge in [0.2, 0.25) is 0 Å². The maximum absolute atomic E-state index is 13.8. The van der Waals surface area contributed by atoms with E-state index < -0.39 is 17.6 Å². The summed E-state index contributed by atoms with van der Waals surface area (Å²) in [5.74, 6) is -1.33. The van der Waals surface area contributed by atoms with E-state index in [-0.39, 0.29) is 11.6 Å². The fourth-order valence-electron chi connectivity index (χ4n) is 4.15. The number of nitrogens with zero attached hydrogens (tertiary/aromatic N) is 1. The quantitative estimate of drug-likeness (QED) is 0.602. The van der Waals surface area contributed by atoms with Crippen molar-refractivity contribution in [3.63, 3.8) is 0 Å². The first-order valence-corrected chi connectivity index (χ1v) is 10.3. The maximum atomic E-state index is 13.8. The summed E-state index contributed by atoms with van der Waals surface area (Å²) in [5.41, 5.74) is 1.56. The number of fused-ring (bicyclic) bond motifs is 1. The summed E-state index contributed by atoms with van der Waals surface area (Å²) in [6.45, 7) is 0. The Morgan fingerprint density at radius 2 is 1.80 bits per heavy atom. The SMILES string of the molecule is O=C(Nc1cnc2c(F)cccc2c1)C(=O)NC(CC1CCCC1)c1ccccc1. The van der Waals surface area contributed by atoms with E-state index in [2.05, 4.69) is 15.6 Å². The van der Waals surface area contributed by atoms with Crippen molar-refractivity contribution in [2.45, 2.75) is 38.1 Å². The molecule has 0 radical (unpaired) electrons. The van der Waals surface area contributed by atoms with Crippen LogP contribution in [0.2, 0.25) is 0 Å². The number of benzene rings is 2. The largest absolute Gasteiger partial charge is 0.341 e. The van der Waals surface area contributed by atoms with Gasteiger partial charge in [-0.05, 0) is 30.0 Å². The molecule has 0 aliphatic heterocycles. The van der Waals surface area contributed by atoms with Gasteiger partial charge in [0.1, 0.15) is 11.3 Å². The van der Waals surface area contributed by atoms with Gasteiger partial charge in [-0.25, -0.2) is 4.39 Å². The molecule has 2 N–H and O–H groups in total. The Bertz CT molecular complexity index is 1050. The minimum absolute atomic E-state index is 0.212. The second-order valence-corrected chi connectivity index (χ2v) is 7.81. The Morgan fingerprint density at radius 1 is 1.03 bits per heavy atom. The average Bonchev–Trinajstić information content (AvgIpc) is 3.27. The maximum Gasteiger partial charge on any atom is 0.313 e. The first-order valence-electron chi connectivity index (χ1n) is 10.3. The smallest absolute Gasteiger partial charge is 0.313 e. The van der Waals surface area contributed by atoms with E-state index in [9.17, 15) is 14.0 Å². The first kappa shape index (κ1) is 20.0. The molecule has 1 atom stereocenters. The highest BCUT2D eigenvalue weighted by atomic mass is 19.1. The van der Waals surface area contributed by atoms with Crippen molar-refractivity contribution in [2.24, 2.45) is 5.92 Å². The van der Waals surface area contributed by atoms with Crippen LogP contribution in [0.5, 0.6) is 0 Å². The highest BCUT2D eigenvalue weighted by Gasteiger charge is 2.25. The molecule has 1 aliphatic rings. The predicted octanol–water partition coefficient (Wildman–Crippen LogP) is 4.75. The van der Waals surface area contributed by atoms with Crippen LogP contribution in [-0.2, 0) is 9.59 Å². The molecule has 2 aromatic carbocycles. The zero-order valence-electron chi connectivity index (χ0n) is 16.6. The normalized spacial score (nSPS) is 15.1. The Balaban J connectivity index is 1.45. The van der Waals surface area contributed by atoms with Crippen LogP contribution in [0.25, 0.3) is 10.9 Å². The topological polar surface area (TPSA) is 71.1 Å². The number of amides is 2. The number of rotatable bonds is 5. The van der Waals surface area contributed by atoms with Gasteiger partial charge in [-0.15, -0.1) is 0 Å². The summed E-state index contributed by atoms with van der Waals surface area (Å²) in [4.78, 5) is 29.2. The highest BCUT2D eigenvalue weighted by molar-refractivity contribution is 6.39. The van der Waals surface area contributed by atoms with Gasteiger partial charge in [-0.3, -0.25) is 14.6 Å². The molecule has 4 rings (SSSR count). The molecule has 0 spiro atoms. The number of halogens is 1. The third-order valence-electron chi connectivity index (χ3n) is 5.68. The van der Waals surface area contributed by atoms with E-state index in [1.165, 1.54) is 25.1 Å². The molecule has 30 heavy (non-hydrogen) atoms. The van der Waals surface area contributed by atoms with Gasteiger partial charge in [0, 0.05) is 5.39 Å². The number of hydrogen-bond donors (Lipinski definition) is 2. The molecule has 1 saturated carbocycles. The zero-order chi connectivity index (χ0) is 20.9. The fraction of sp³-hybridized carbons (Fsp3) is 0.292. The molecule has 3 aromatic rings. The summed E-state index contributed by atoms with van der Waals surface area (Å²) in [6.07, 6.45) is 6.92. The molecule has 0 bridgehead atoms. The summed E-state index contributed by atoms with van der Waals surface area (Å²) >= 11 is 0. The molecule has 1 unspecified atom stereocenters. The lowest BCUT2D eigenvalue weighted by atomic mass is 9.93. The summed E-state index contributed by atoms with van der Waals surface area (Å²) in [5, 5.41) is 6.02. The van der Waals surface area contributed by atoms with Gasteiger partial charge in [0.25, 0.3) is 0 Å². The van der Waals surface area contributed by atoms with Gasteiger partial charge in [0.15, 0.2) is 0 Å². The molecule has 154 valence electrons. The molecule has 1 aliphatic carbocycles. The van der Waals surface area contributed by atoms with E-state index in [0.717, 1.165) is 24.8 Å². The first-order chi connectivity index (χ1) is 14.6. The van der Waals surface area contributed by atoms with Crippen molar-refractivity contribution in [2.75, 3.05) is 5.32 Å². The summed E-state index contributed by atoms with van der Waals surface area (Å²) in [7, 11) is 0. The Morgan fingerprint density at radius 3 is 2.57 bits per heavy atom. The molecule has 5 nitrogen and oxygen atoms in total. The lowest BCUT2D eigenvalue weighted by Gasteiger charge is -2.22. The Hall–Kier alpha value is -3.28. The lowest BCUT2D eigenvalue weighted by molar-refractivity contribution is -0.136. The third-order valence-corrected chi connectivity index (χ3v) is 5.68.